The van der Waals surface area contributed by atoms with Crippen LogP contribution in [0, 0.1) is 12.7 Å². The Morgan fingerprint density at radius 1 is 1.00 bits per heavy atom. The number of hydrogen-bond acceptors (Lipinski definition) is 3. The molecular weight excluding hydrogens is 199 g/mol. The molecule has 4 heteroatoms. The summed E-state index contributed by atoms with van der Waals surface area (Å²) < 4.78 is 28.6. The third kappa shape index (κ3) is 2.34. The molecule has 0 aliphatic heterocycles. The van der Waals surface area contributed by atoms with Crippen molar-refractivity contribution in [3.05, 3.63) is 35.1 Å². The number of benzene rings is 1. The summed E-state index contributed by atoms with van der Waals surface area (Å²) in [5, 5.41) is 0. The first-order chi connectivity index (χ1) is 7.07. The molecule has 0 N–H and O–H groups in total. The maximum atomic E-state index is 13.2. The third-order valence-corrected chi connectivity index (χ3v) is 2.20. The number of ether oxygens (including phenoxy) is 3. The van der Waals surface area contributed by atoms with E-state index in [-0.39, 0.29) is 5.82 Å². The Morgan fingerprint density at radius 2 is 1.53 bits per heavy atom. The fraction of sp³-hybridized carbons (Fsp3) is 0.455. The number of rotatable bonds is 4. The van der Waals surface area contributed by atoms with Gasteiger partial charge in [-0.15, -0.1) is 0 Å². The summed E-state index contributed by atoms with van der Waals surface area (Å²) in [5.41, 5.74) is 1.27. The zero-order valence-corrected chi connectivity index (χ0v) is 9.33. The molecule has 0 bridgehead atoms. The fourth-order valence-corrected chi connectivity index (χ4v) is 1.52. The highest BCUT2D eigenvalue weighted by molar-refractivity contribution is 5.26. The molecule has 0 unspecified atom stereocenters. The molecule has 0 amide bonds. The van der Waals surface area contributed by atoms with Gasteiger partial charge in [0, 0.05) is 26.9 Å². The number of aryl methyl sites for hydroxylation is 1. The minimum atomic E-state index is -1.34. The largest absolute Gasteiger partial charge is 0.327 e. The summed E-state index contributed by atoms with van der Waals surface area (Å²) in [6.45, 7) is 1.79. The van der Waals surface area contributed by atoms with Crippen molar-refractivity contribution in [3.8, 4) is 0 Å². The lowest BCUT2D eigenvalue weighted by atomic mass is 10.1. The standard InChI is InChI=1S/C11H15FO3/c1-8-5-9(7-10(12)6-8)11(13-2,14-3)15-4/h5-7H,1-4H3. The molecule has 0 radical (unpaired) electrons. The Kier molecular flexibility index (Phi) is 3.79. The highest BCUT2D eigenvalue weighted by Crippen LogP contribution is 2.28. The molecule has 0 aromatic heterocycles. The van der Waals surface area contributed by atoms with Crippen LogP contribution in [0.2, 0.25) is 0 Å². The molecule has 84 valence electrons. The molecule has 3 nitrogen and oxygen atoms in total. The summed E-state index contributed by atoms with van der Waals surface area (Å²) in [5.74, 6) is -1.69. The molecule has 0 saturated carbocycles. The Morgan fingerprint density at radius 3 is 1.93 bits per heavy atom. The highest BCUT2D eigenvalue weighted by atomic mass is 19.1. The molecule has 0 aliphatic rings. The van der Waals surface area contributed by atoms with Gasteiger partial charge in [0.2, 0.25) is 0 Å². The second-order valence-corrected chi connectivity index (χ2v) is 3.19. The first-order valence-corrected chi connectivity index (χ1v) is 4.51. The molecule has 1 aromatic carbocycles. The van der Waals surface area contributed by atoms with Gasteiger partial charge in [0.15, 0.2) is 0 Å². The van der Waals surface area contributed by atoms with Gasteiger partial charge in [0.25, 0.3) is 0 Å². The molecule has 1 rings (SSSR count). The first-order valence-electron chi connectivity index (χ1n) is 4.51. The summed E-state index contributed by atoms with van der Waals surface area (Å²) in [4.78, 5) is 0. The van der Waals surface area contributed by atoms with Crippen LogP contribution in [-0.2, 0) is 20.2 Å². The summed E-state index contributed by atoms with van der Waals surface area (Å²) in [6.07, 6.45) is 0. The van der Waals surface area contributed by atoms with E-state index in [1.54, 1.807) is 13.0 Å². The molecular formula is C11H15FO3. The van der Waals surface area contributed by atoms with Gasteiger partial charge < -0.3 is 14.2 Å². The topological polar surface area (TPSA) is 27.7 Å². The van der Waals surface area contributed by atoms with Crippen molar-refractivity contribution in [2.24, 2.45) is 0 Å². The van der Waals surface area contributed by atoms with Gasteiger partial charge in [-0.1, -0.05) is 0 Å². The van der Waals surface area contributed by atoms with Crippen molar-refractivity contribution in [1.29, 1.82) is 0 Å². The van der Waals surface area contributed by atoms with Crippen LogP contribution in [0.4, 0.5) is 4.39 Å². The van der Waals surface area contributed by atoms with Gasteiger partial charge in [0.05, 0.1) is 0 Å². The molecule has 0 atom stereocenters. The van der Waals surface area contributed by atoms with Crippen LogP contribution in [0.25, 0.3) is 0 Å². The number of methoxy groups -OCH3 is 3. The third-order valence-electron chi connectivity index (χ3n) is 2.20. The Labute approximate surface area is 88.8 Å². The molecule has 0 saturated heterocycles. The second kappa shape index (κ2) is 4.70. The predicted octanol–water partition coefficient (Wildman–Crippen LogP) is 2.18. The molecule has 1 aromatic rings. The van der Waals surface area contributed by atoms with Crippen LogP contribution in [-0.4, -0.2) is 21.3 Å². The molecule has 0 aliphatic carbocycles. The summed E-state index contributed by atoms with van der Waals surface area (Å²) in [6, 6.07) is 4.50. The van der Waals surface area contributed by atoms with Crippen LogP contribution in [0.3, 0.4) is 0 Å². The van der Waals surface area contributed by atoms with Crippen LogP contribution < -0.4 is 0 Å². The Bertz CT molecular complexity index is 306. The zero-order chi connectivity index (χ0) is 11.5. The van der Waals surface area contributed by atoms with Crippen molar-refractivity contribution in [3.63, 3.8) is 0 Å². The van der Waals surface area contributed by atoms with E-state index in [0.717, 1.165) is 5.56 Å². The predicted molar refractivity (Wildman–Crippen MR) is 53.8 cm³/mol. The maximum Gasteiger partial charge on any atom is 0.311 e. The van der Waals surface area contributed by atoms with E-state index in [0.29, 0.717) is 5.56 Å². The number of hydrogen-bond donors (Lipinski definition) is 0. The molecule has 0 spiro atoms. The van der Waals surface area contributed by atoms with Gasteiger partial charge in [-0.2, -0.15) is 0 Å². The van der Waals surface area contributed by atoms with Crippen molar-refractivity contribution >= 4 is 0 Å². The fourth-order valence-electron chi connectivity index (χ4n) is 1.52. The Hall–Kier alpha value is -0.970. The molecule has 15 heavy (non-hydrogen) atoms. The van der Waals surface area contributed by atoms with E-state index >= 15 is 0 Å². The van der Waals surface area contributed by atoms with E-state index in [2.05, 4.69) is 0 Å². The lowest BCUT2D eigenvalue weighted by Crippen LogP contribution is -2.33. The van der Waals surface area contributed by atoms with E-state index in [1.807, 2.05) is 0 Å². The summed E-state index contributed by atoms with van der Waals surface area (Å²) in [7, 11) is 4.31. The van der Waals surface area contributed by atoms with E-state index < -0.39 is 5.97 Å². The summed E-state index contributed by atoms with van der Waals surface area (Å²) >= 11 is 0. The second-order valence-electron chi connectivity index (χ2n) is 3.19. The van der Waals surface area contributed by atoms with Crippen molar-refractivity contribution < 1.29 is 18.6 Å². The van der Waals surface area contributed by atoms with Gasteiger partial charge in [-0.25, -0.2) is 4.39 Å². The highest BCUT2D eigenvalue weighted by Gasteiger charge is 2.32. The van der Waals surface area contributed by atoms with Crippen molar-refractivity contribution in [1.82, 2.24) is 0 Å². The number of halogens is 1. The van der Waals surface area contributed by atoms with Gasteiger partial charge >= 0.3 is 5.97 Å². The van der Waals surface area contributed by atoms with Crippen LogP contribution in [0.5, 0.6) is 0 Å². The van der Waals surface area contributed by atoms with E-state index in [9.17, 15) is 4.39 Å². The van der Waals surface area contributed by atoms with E-state index in [4.69, 9.17) is 14.2 Å². The van der Waals surface area contributed by atoms with Crippen molar-refractivity contribution in [2.75, 3.05) is 21.3 Å². The SMILES string of the molecule is COC(OC)(OC)c1cc(C)cc(F)c1. The monoisotopic (exact) mass is 214 g/mol. The zero-order valence-electron chi connectivity index (χ0n) is 9.33. The lowest BCUT2D eigenvalue weighted by Gasteiger charge is -2.29. The quantitative estimate of drug-likeness (QED) is 0.719. The van der Waals surface area contributed by atoms with Gasteiger partial charge in [-0.3, -0.25) is 0 Å². The van der Waals surface area contributed by atoms with Crippen LogP contribution >= 0.6 is 0 Å². The van der Waals surface area contributed by atoms with Crippen molar-refractivity contribution in [2.45, 2.75) is 12.9 Å². The molecule has 0 fully saturated rings. The smallest absolute Gasteiger partial charge is 0.311 e. The minimum Gasteiger partial charge on any atom is -0.327 e. The first kappa shape index (κ1) is 12.1. The van der Waals surface area contributed by atoms with Gasteiger partial charge in [0.1, 0.15) is 5.82 Å². The average Bonchev–Trinajstić information content (AvgIpc) is 2.20. The van der Waals surface area contributed by atoms with Crippen LogP contribution in [0.1, 0.15) is 11.1 Å². The Balaban J connectivity index is 3.22. The maximum absolute atomic E-state index is 13.2. The molecule has 0 heterocycles. The normalized spacial score (nSPS) is 11.8. The van der Waals surface area contributed by atoms with Gasteiger partial charge in [-0.05, 0) is 30.7 Å². The minimum absolute atomic E-state index is 0.347. The average molecular weight is 214 g/mol. The van der Waals surface area contributed by atoms with Crippen LogP contribution in [0.15, 0.2) is 18.2 Å². The van der Waals surface area contributed by atoms with E-state index in [1.165, 1.54) is 33.5 Å². The lowest BCUT2D eigenvalue weighted by molar-refractivity contribution is -0.364.